The van der Waals surface area contributed by atoms with Crippen LogP contribution in [-0.4, -0.2) is 32.8 Å². The third kappa shape index (κ3) is 3.12. The van der Waals surface area contributed by atoms with Gasteiger partial charge in [0.25, 0.3) is 0 Å². The first-order valence-corrected chi connectivity index (χ1v) is 7.68. The van der Waals surface area contributed by atoms with Crippen LogP contribution >= 0.6 is 0 Å². The molecule has 0 saturated carbocycles. The molecule has 1 aliphatic heterocycles. The quantitative estimate of drug-likeness (QED) is 0.725. The zero-order valence-electron chi connectivity index (χ0n) is 12.7. The van der Waals surface area contributed by atoms with Crippen LogP contribution in [0.25, 0.3) is 0 Å². The van der Waals surface area contributed by atoms with E-state index in [4.69, 9.17) is 9.15 Å². The number of rotatable bonds is 5. The first-order chi connectivity index (χ1) is 11.4. The third-order valence-electron chi connectivity index (χ3n) is 3.99. The first-order valence-electron chi connectivity index (χ1n) is 7.68. The van der Waals surface area contributed by atoms with E-state index in [2.05, 4.69) is 25.7 Å². The summed E-state index contributed by atoms with van der Waals surface area (Å²) in [7, 11) is 0. The summed E-state index contributed by atoms with van der Waals surface area (Å²) in [5.41, 5.74) is 1.20. The number of furan rings is 1. The second-order valence-corrected chi connectivity index (χ2v) is 5.67. The molecule has 4 heterocycles. The summed E-state index contributed by atoms with van der Waals surface area (Å²) in [5.74, 6) is 1.76. The van der Waals surface area contributed by atoms with E-state index < -0.39 is 0 Å². The second-order valence-electron chi connectivity index (χ2n) is 5.67. The molecule has 23 heavy (non-hydrogen) atoms. The topological polar surface area (TPSA) is 56.3 Å². The van der Waals surface area contributed by atoms with Gasteiger partial charge in [-0.25, -0.2) is 0 Å². The lowest BCUT2D eigenvalue weighted by Crippen LogP contribution is -2.39. The highest BCUT2D eigenvalue weighted by Crippen LogP contribution is 2.23. The van der Waals surface area contributed by atoms with E-state index in [1.807, 2.05) is 30.5 Å². The van der Waals surface area contributed by atoms with E-state index in [0.717, 1.165) is 31.1 Å². The molecule has 1 atom stereocenters. The zero-order chi connectivity index (χ0) is 15.5. The maximum Gasteiger partial charge on any atom is 0.137 e. The van der Waals surface area contributed by atoms with Crippen molar-refractivity contribution in [3.8, 4) is 5.75 Å². The van der Waals surface area contributed by atoms with Crippen molar-refractivity contribution in [2.75, 3.05) is 13.2 Å². The molecule has 0 N–H and O–H groups in total. The Bertz CT molecular complexity index is 739. The highest BCUT2D eigenvalue weighted by atomic mass is 16.5. The molecule has 1 aliphatic rings. The lowest BCUT2D eigenvalue weighted by Gasteiger charge is -2.33. The molecule has 0 aromatic carbocycles. The lowest BCUT2D eigenvalue weighted by molar-refractivity contribution is 0.121. The molecule has 0 unspecified atom stereocenters. The Labute approximate surface area is 134 Å². The molecule has 6 nitrogen and oxygen atoms in total. The highest BCUT2D eigenvalue weighted by molar-refractivity contribution is 5.15. The van der Waals surface area contributed by atoms with Crippen molar-refractivity contribution < 1.29 is 9.15 Å². The summed E-state index contributed by atoms with van der Waals surface area (Å²) in [6.45, 7) is 3.09. The van der Waals surface area contributed by atoms with Crippen LogP contribution in [0.15, 0.2) is 59.6 Å². The second kappa shape index (κ2) is 6.26. The van der Waals surface area contributed by atoms with Gasteiger partial charge in [0, 0.05) is 25.5 Å². The molecular weight excluding hydrogens is 292 g/mol. The Morgan fingerprint density at radius 1 is 1.22 bits per heavy atom. The van der Waals surface area contributed by atoms with E-state index in [0.29, 0.717) is 6.61 Å². The number of hydrogen-bond donors (Lipinski definition) is 0. The van der Waals surface area contributed by atoms with Gasteiger partial charge in [0.2, 0.25) is 0 Å². The predicted molar refractivity (Wildman–Crippen MR) is 83.8 cm³/mol. The maximum atomic E-state index is 5.88. The van der Waals surface area contributed by atoms with Gasteiger partial charge in [-0.2, -0.15) is 5.10 Å². The van der Waals surface area contributed by atoms with Crippen LogP contribution in [-0.2, 0) is 13.1 Å². The fourth-order valence-corrected chi connectivity index (χ4v) is 2.96. The van der Waals surface area contributed by atoms with Gasteiger partial charge in [-0.15, -0.1) is 0 Å². The van der Waals surface area contributed by atoms with Gasteiger partial charge in [-0.05, 0) is 30.3 Å². The molecule has 6 heteroatoms. The Morgan fingerprint density at radius 3 is 3.04 bits per heavy atom. The van der Waals surface area contributed by atoms with Crippen molar-refractivity contribution in [3.05, 3.63) is 66.6 Å². The molecule has 0 fully saturated rings. The summed E-state index contributed by atoms with van der Waals surface area (Å²) in [6, 6.07) is 9.95. The van der Waals surface area contributed by atoms with Crippen molar-refractivity contribution in [2.45, 2.75) is 19.1 Å². The van der Waals surface area contributed by atoms with Gasteiger partial charge < -0.3 is 9.15 Å². The van der Waals surface area contributed by atoms with Gasteiger partial charge in [0.1, 0.15) is 18.1 Å². The molecule has 3 aromatic heterocycles. The third-order valence-corrected chi connectivity index (χ3v) is 3.99. The van der Waals surface area contributed by atoms with Gasteiger partial charge in [0.05, 0.1) is 30.7 Å². The minimum Gasteiger partial charge on any atom is -0.490 e. The maximum absolute atomic E-state index is 5.88. The van der Waals surface area contributed by atoms with Crippen molar-refractivity contribution in [2.24, 2.45) is 0 Å². The molecule has 118 valence electrons. The Hall–Kier alpha value is -2.60. The highest BCUT2D eigenvalue weighted by Gasteiger charge is 2.26. The molecule has 0 saturated heterocycles. The van der Waals surface area contributed by atoms with Gasteiger partial charge in [-0.3, -0.25) is 14.6 Å². The fraction of sp³-hybridized carbons (Fsp3) is 0.294. The molecule has 3 aromatic rings. The molecule has 0 amide bonds. The lowest BCUT2D eigenvalue weighted by atomic mass is 10.2. The monoisotopic (exact) mass is 310 g/mol. The molecule has 0 bridgehead atoms. The Balaban J connectivity index is 1.47. The minimum absolute atomic E-state index is 0.170. The zero-order valence-corrected chi connectivity index (χ0v) is 12.7. The minimum atomic E-state index is 0.170. The predicted octanol–water partition coefficient (Wildman–Crippen LogP) is 2.51. The fourth-order valence-electron chi connectivity index (χ4n) is 2.96. The first kappa shape index (κ1) is 14.0. The van der Waals surface area contributed by atoms with Gasteiger partial charge in [0.15, 0.2) is 0 Å². The van der Waals surface area contributed by atoms with E-state index in [1.54, 1.807) is 18.7 Å². The summed E-state index contributed by atoms with van der Waals surface area (Å²) in [6.07, 6.45) is 7.03. The van der Waals surface area contributed by atoms with Crippen LogP contribution in [0.3, 0.4) is 0 Å². The van der Waals surface area contributed by atoms with Crippen LogP contribution in [0.1, 0.15) is 17.5 Å². The van der Waals surface area contributed by atoms with Crippen molar-refractivity contribution in [1.82, 2.24) is 19.7 Å². The SMILES string of the molecule is c1cncc(OC[C@H]2CN(Cc3ccco3)Cc3ccnn32)c1. The summed E-state index contributed by atoms with van der Waals surface area (Å²) < 4.78 is 13.4. The van der Waals surface area contributed by atoms with Crippen molar-refractivity contribution >= 4 is 0 Å². The Morgan fingerprint density at radius 2 is 2.22 bits per heavy atom. The van der Waals surface area contributed by atoms with Crippen LogP contribution in [0.4, 0.5) is 0 Å². The van der Waals surface area contributed by atoms with Crippen molar-refractivity contribution in [1.29, 1.82) is 0 Å². The van der Waals surface area contributed by atoms with E-state index in [1.165, 1.54) is 5.69 Å². The molecule has 0 radical (unpaired) electrons. The van der Waals surface area contributed by atoms with Crippen LogP contribution in [0, 0.1) is 0 Å². The average Bonchev–Trinajstić information content (AvgIpc) is 3.25. The largest absolute Gasteiger partial charge is 0.490 e. The number of ether oxygens (including phenoxy) is 1. The number of pyridine rings is 1. The average molecular weight is 310 g/mol. The number of nitrogens with zero attached hydrogens (tertiary/aromatic N) is 4. The summed E-state index contributed by atoms with van der Waals surface area (Å²) in [5, 5.41) is 4.45. The number of aromatic nitrogens is 3. The van der Waals surface area contributed by atoms with E-state index in [9.17, 15) is 0 Å². The molecule has 4 rings (SSSR count). The van der Waals surface area contributed by atoms with Gasteiger partial charge >= 0.3 is 0 Å². The number of hydrogen-bond acceptors (Lipinski definition) is 5. The summed E-state index contributed by atoms with van der Waals surface area (Å²) in [4.78, 5) is 6.43. The van der Waals surface area contributed by atoms with Crippen LogP contribution in [0.5, 0.6) is 5.75 Å². The van der Waals surface area contributed by atoms with Crippen LogP contribution in [0.2, 0.25) is 0 Å². The standard InChI is InChI=1S/C17H18N4O2/c1-3-16(9-18-6-1)23-13-15-11-20(12-17-4-2-8-22-17)10-14-5-7-19-21(14)15/h1-9,15H,10-13H2/t15-/m1/s1. The van der Waals surface area contributed by atoms with E-state index in [-0.39, 0.29) is 6.04 Å². The molecular formula is C17H18N4O2. The van der Waals surface area contributed by atoms with Gasteiger partial charge in [-0.1, -0.05) is 0 Å². The summed E-state index contributed by atoms with van der Waals surface area (Å²) >= 11 is 0. The van der Waals surface area contributed by atoms with Crippen LogP contribution < -0.4 is 4.74 Å². The Kier molecular flexibility index (Phi) is 3.81. The smallest absolute Gasteiger partial charge is 0.137 e. The van der Waals surface area contributed by atoms with Crippen molar-refractivity contribution in [3.63, 3.8) is 0 Å². The number of fused-ring (bicyclic) bond motifs is 1. The molecule has 0 aliphatic carbocycles. The van der Waals surface area contributed by atoms with E-state index >= 15 is 0 Å². The normalized spacial score (nSPS) is 17.8. The molecule has 0 spiro atoms.